The zero-order chi connectivity index (χ0) is 13.9. The van der Waals surface area contributed by atoms with Gasteiger partial charge in [-0.15, -0.1) is 11.3 Å². The molecule has 5 heteroatoms. The molecule has 3 aromatic rings. The zero-order valence-corrected chi connectivity index (χ0v) is 12.5. The summed E-state index contributed by atoms with van der Waals surface area (Å²) < 4.78 is 3.15. The van der Waals surface area contributed by atoms with Gasteiger partial charge in [0.2, 0.25) is 0 Å². The predicted octanol–water partition coefficient (Wildman–Crippen LogP) is 3.12. The summed E-state index contributed by atoms with van der Waals surface area (Å²) in [6, 6.07) is 6.49. The molecule has 0 aliphatic rings. The lowest BCUT2D eigenvalue weighted by molar-refractivity contribution is 0.553. The van der Waals surface area contributed by atoms with Crippen LogP contribution < -0.4 is 5.32 Å². The van der Waals surface area contributed by atoms with Gasteiger partial charge in [-0.1, -0.05) is 6.92 Å². The first-order valence-corrected chi connectivity index (χ1v) is 7.72. The summed E-state index contributed by atoms with van der Waals surface area (Å²) in [6.45, 7) is 3.15. The third kappa shape index (κ3) is 2.46. The Hall–Kier alpha value is -1.72. The first-order chi connectivity index (χ1) is 9.79. The van der Waals surface area contributed by atoms with Crippen LogP contribution in [0.2, 0.25) is 0 Å². The molecular weight excluding hydrogens is 268 g/mol. The molecular formula is C15H18N4S. The van der Waals surface area contributed by atoms with Crippen LogP contribution >= 0.6 is 11.3 Å². The SMILES string of the molecule is CCCNC(c1cnc2ccsc2c1)c1ccnn1C. The van der Waals surface area contributed by atoms with Crippen LogP contribution in [0.5, 0.6) is 0 Å². The highest BCUT2D eigenvalue weighted by Gasteiger charge is 2.17. The van der Waals surface area contributed by atoms with Crippen molar-refractivity contribution >= 4 is 21.6 Å². The average molecular weight is 286 g/mol. The van der Waals surface area contributed by atoms with Crippen molar-refractivity contribution in [1.82, 2.24) is 20.1 Å². The minimum absolute atomic E-state index is 0.140. The normalized spacial score (nSPS) is 12.9. The number of pyridine rings is 1. The lowest BCUT2D eigenvalue weighted by atomic mass is 10.1. The molecule has 0 radical (unpaired) electrons. The van der Waals surface area contributed by atoms with Gasteiger partial charge in [0.05, 0.1) is 22.0 Å². The van der Waals surface area contributed by atoms with Gasteiger partial charge < -0.3 is 5.32 Å². The van der Waals surface area contributed by atoms with Crippen molar-refractivity contribution in [2.24, 2.45) is 7.05 Å². The summed E-state index contributed by atoms with van der Waals surface area (Å²) in [5.41, 5.74) is 3.42. The van der Waals surface area contributed by atoms with Gasteiger partial charge >= 0.3 is 0 Å². The molecule has 104 valence electrons. The molecule has 0 bridgehead atoms. The molecule has 4 nitrogen and oxygen atoms in total. The van der Waals surface area contributed by atoms with Crippen molar-refractivity contribution in [3.8, 4) is 0 Å². The van der Waals surface area contributed by atoms with Crippen molar-refractivity contribution in [3.05, 3.63) is 47.2 Å². The van der Waals surface area contributed by atoms with E-state index in [1.54, 1.807) is 11.3 Å². The van der Waals surface area contributed by atoms with E-state index in [1.165, 1.54) is 10.3 Å². The topological polar surface area (TPSA) is 42.7 Å². The second kappa shape index (κ2) is 5.73. The van der Waals surface area contributed by atoms with Crippen molar-refractivity contribution < 1.29 is 0 Å². The molecule has 0 fully saturated rings. The molecule has 0 saturated heterocycles. The minimum atomic E-state index is 0.140. The fourth-order valence-corrected chi connectivity index (χ4v) is 3.16. The Morgan fingerprint density at radius 3 is 3.05 bits per heavy atom. The maximum absolute atomic E-state index is 4.55. The fraction of sp³-hybridized carbons (Fsp3) is 0.333. The van der Waals surface area contributed by atoms with Crippen LogP contribution in [0.3, 0.4) is 0 Å². The number of fused-ring (bicyclic) bond motifs is 1. The third-order valence-corrected chi connectivity index (χ3v) is 4.26. The Kier molecular flexibility index (Phi) is 3.80. The standard InChI is InChI=1S/C15H18N4S/c1-3-6-16-15(13-4-7-18-19(13)2)11-9-14-12(17-10-11)5-8-20-14/h4-5,7-10,15-16H,3,6H2,1-2H3. The average Bonchev–Trinajstić information content (AvgIpc) is 3.08. The van der Waals surface area contributed by atoms with Gasteiger partial charge in [-0.3, -0.25) is 9.67 Å². The van der Waals surface area contributed by atoms with Gasteiger partial charge in [0.25, 0.3) is 0 Å². The molecule has 0 saturated carbocycles. The summed E-state index contributed by atoms with van der Waals surface area (Å²) in [7, 11) is 1.98. The summed E-state index contributed by atoms with van der Waals surface area (Å²) in [5.74, 6) is 0. The van der Waals surface area contributed by atoms with Gasteiger partial charge in [-0.2, -0.15) is 5.10 Å². The van der Waals surface area contributed by atoms with Crippen molar-refractivity contribution in [2.75, 3.05) is 6.54 Å². The molecule has 20 heavy (non-hydrogen) atoms. The van der Waals surface area contributed by atoms with Gasteiger partial charge in [0.1, 0.15) is 0 Å². The first kappa shape index (κ1) is 13.3. The van der Waals surface area contributed by atoms with E-state index in [4.69, 9.17) is 0 Å². The number of hydrogen-bond acceptors (Lipinski definition) is 4. The van der Waals surface area contributed by atoms with Crippen LogP contribution in [0.25, 0.3) is 10.2 Å². The molecule has 1 unspecified atom stereocenters. The number of nitrogens with zero attached hydrogens (tertiary/aromatic N) is 3. The number of rotatable bonds is 5. The van der Waals surface area contributed by atoms with E-state index >= 15 is 0 Å². The molecule has 1 N–H and O–H groups in total. The Bertz CT molecular complexity index is 701. The Labute approximate surface area is 122 Å². The number of thiophene rings is 1. The van der Waals surface area contributed by atoms with E-state index in [2.05, 4.69) is 45.9 Å². The van der Waals surface area contributed by atoms with Gasteiger partial charge in [-0.25, -0.2) is 0 Å². The first-order valence-electron chi connectivity index (χ1n) is 6.84. The Morgan fingerprint density at radius 1 is 1.40 bits per heavy atom. The van der Waals surface area contributed by atoms with E-state index in [0.717, 1.165) is 24.2 Å². The smallest absolute Gasteiger partial charge is 0.0809 e. The number of nitrogens with one attached hydrogen (secondary N) is 1. The van der Waals surface area contributed by atoms with E-state index < -0.39 is 0 Å². The van der Waals surface area contributed by atoms with Crippen molar-refractivity contribution in [2.45, 2.75) is 19.4 Å². The third-order valence-electron chi connectivity index (χ3n) is 3.41. The van der Waals surface area contributed by atoms with Gasteiger partial charge in [-0.05, 0) is 42.1 Å². The number of aromatic nitrogens is 3. The highest BCUT2D eigenvalue weighted by atomic mass is 32.1. The van der Waals surface area contributed by atoms with Crippen LogP contribution in [0.4, 0.5) is 0 Å². The molecule has 0 aliphatic heterocycles. The minimum Gasteiger partial charge on any atom is -0.305 e. The maximum atomic E-state index is 4.55. The molecule has 1 atom stereocenters. The number of aryl methyl sites for hydroxylation is 1. The second-order valence-electron chi connectivity index (χ2n) is 4.84. The summed E-state index contributed by atoms with van der Waals surface area (Å²) >= 11 is 1.73. The molecule has 0 amide bonds. The lowest BCUT2D eigenvalue weighted by Crippen LogP contribution is -2.25. The number of hydrogen-bond donors (Lipinski definition) is 1. The summed E-state index contributed by atoms with van der Waals surface area (Å²) in [5, 5.41) is 9.96. The lowest BCUT2D eigenvalue weighted by Gasteiger charge is -2.19. The highest BCUT2D eigenvalue weighted by Crippen LogP contribution is 2.26. The zero-order valence-electron chi connectivity index (χ0n) is 11.7. The summed E-state index contributed by atoms with van der Waals surface area (Å²) in [4.78, 5) is 4.55. The van der Waals surface area contributed by atoms with E-state index in [0.29, 0.717) is 0 Å². The molecule has 0 aromatic carbocycles. The fourth-order valence-electron chi connectivity index (χ4n) is 2.37. The van der Waals surface area contributed by atoms with Crippen molar-refractivity contribution in [3.63, 3.8) is 0 Å². The summed E-state index contributed by atoms with van der Waals surface area (Å²) in [6.07, 6.45) is 4.91. The Morgan fingerprint density at radius 2 is 2.30 bits per heavy atom. The van der Waals surface area contributed by atoms with Gasteiger partial charge in [0.15, 0.2) is 0 Å². The largest absolute Gasteiger partial charge is 0.305 e. The Balaban J connectivity index is 2.01. The van der Waals surface area contributed by atoms with Gasteiger partial charge in [0, 0.05) is 19.4 Å². The molecule has 3 heterocycles. The molecule has 0 aliphatic carbocycles. The predicted molar refractivity (Wildman–Crippen MR) is 83.0 cm³/mol. The van der Waals surface area contributed by atoms with Crippen LogP contribution in [0.1, 0.15) is 30.6 Å². The quantitative estimate of drug-likeness (QED) is 0.783. The maximum Gasteiger partial charge on any atom is 0.0809 e. The van der Waals surface area contributed by atoms with Crippen LogP contribution in [0, 0.1) is 0 Å². The van der Waals surface area contributed by atoms with Crippen molar-refractivity contribution in [1.29, 1.82) is 0 Å². The highest BCUT2D eigenvalue weighted by molar-refractivity contribution is 7.17. The molecule has 3 aromatic heterocycles. The second-order valence-corrected chi connectivity index (χ2v) is 5.79. The van der Waals surface area contributed by atoms with Crippen LogP contribution in [-0.4, -0.2) is 21.3 Å². The van der Waals surface area contributed by atoms with Crippen LogP contribution in [0.15, 0.2) is 36.0 Å². The molecule has 0 spiro atoms. The van der Waals surface area contributed by atoms with E-state index in [1.807, 2.05) is 24.1 Å². The van der Waals surface area contributed by atoms with Crippen LogP contribution in [-0.2, 0) is 7.05 Å². The van der Waals surface area contributed by atoms with E-state index in [-0.39, 0.29) is 6.04 Å². The van der Waals surface area contributed by atoms with E-state index in [9.17, 15) is 0 Å². The molecule has 3 rings (SSSR count). The monoisotopic (exact) mass is 286 g/mol.